The highest BCUT2D eigenvalue weighted by atomic mass is 35.5. The van der Waals surface area contributed by atoms with Gasteiger partial charge in [-0.1, -0.05) is 23.7 Å². The summed E-state index contributed by atoms with van der Waals surface area (Å²) in [6.07, 6.45) is 1.30. The van der Waals surface area contributed by atoms with Crippen LogP contribution in [-0.4, -0.2) is 21.5 Å². The van der Waals surface area contributed by atoms with Gasteiger partial charge in [0, 0.05) is 5.56 Å². The quantitative estimate of drug-likeness (QED) is 0.395. The minimum atomic E-state index is -0.582. The third-order valence-corrected chi connectivity index (χ3v) is 2.75. The molecule has 0 aromatic heterocycles. The number of hydrogen-bond donors (Lipinski definition) is 4. The Kier molecular flexibility index (Phi) is 3.77. The van der Waals surface area contributed by atoms with Crippen molar-refractivity contribution < 1.29 is 15.3 Å². The highest BCUT2D eigenvalue weighted by Gasteiger charge is 2.09. The lowest BCUT2D eigenvalue weighted by Gasteiger charge is -2.04. The van der Waals surface area contributed by atoms with Crippen LogP contribution in [0.2, 0.25) is 5.02 Å². The molecular weight excluding hydrogens is 268 g/mol. The Bertz CT molecular complexity index is 629. The first kappa shape index (κ1) is 13.0. The molecule has 0 unspecified atom stereocenters. The summed E-state index contributed by atoms with van der Waals surface area (Å²) in [5.41, 5.74) is 3.58. The van der Waals surface area contributed by atoms with Crippen molar-refractivity contribution in [2.24, 2.45) is 5.10 Å². The molecular formula is C13H11ClN2O3. The van der Waals surface area contributed by atoms with Gasteiger partial charge in [-0.05, 0) is 24.3 Å². The molecule has 4 N–H and O–H groups in total. The highest BCUT2D eigenvalue weighted by Crippen LogP contribution is 2.36. The van der Waals surface area contributed by atoms with Gasteiger partial charge in [-0.25, -0.2) is 0 Å². The summed E-state index contributed by atoms with van der Waals surface area (Å²) < 4.78 is 0. The van der Waals surface area contributed by atoms with Crippen molar-refractivity contribution in [2.75, 3.05) is 5.43 Å². The summed E-state index contributed by atoms with van der Waals surface area (Å²) >= 11 is 5.92. The van der Waals surface area contributed by atoms with Gasteiger partial charge in [0.15, 0.2) is 11.5 Å². The summed E-state index contributed by atoms with van der Waals surface area (Å²) in [6, 6.07) is 9.72. The Morgan fingerprint density at radius 3 is 2.47 bits per heavy atom. The van der Waals surface area contributed by atoms with E-state index in [0.717, 1.165) is 0 Å². The van der Waals surface area contributed by atoms with Crippen LogP contribution in [0.25, 0.3) is 0 Å². The van der Waals surface area contributed by atoms with E-state index in [9.17, 15) is 15.3 Å². The number of nitrogens with one attached hydrogen (secondary N) is 1. The molecule has 2 rings (SSSR count). The molecule has 0 aliphatic rings. The van der Waals surface area contributed by atoms with Crippen LogP contribution in [0.5, 0.6) is 17.2 Å². The second-order valence-corrected chi connectivity index (χ2v) is 4.13. The predicted molar refractivity (Wildman–Crippen MR) is 74.1 cm³/mol. The third kappa shape index (κ3) is 2.89. The molecule has 0 amide bonds. The van der Waals surface area contributed by atoms with Crippen LogP contribution in [0.15, 0.2) is 41.5 Å². The number of nitrogens with zero attached hydrogens (tertiary/aromatic N) is 1. The Hall–Kier alpha value is -2.40. The van der Waals surface area contributed by atoms with Crippen LogP contribution in [0.1, 0.15) is 5.56 Å². The van der Waals surface area contributed by atoms with E-state index in [1.165, 1.54) is 18.3 Å². The zero-order chi connectivity index (χ0) is 13.8. The monoisotopic (exact) mass is 278 g/mol. The number of hydrazone groups is 1. The zero-order valence-electron chi connectivity index (χ0n) is 9.71. The molecule has 0 spiro atoms. The zero-order valence-corrected chi connectivity index (χ0v) is 10.5. The summed E-state index contributed by atoms with van der Waals surface area (Å²) in [7, 11) is 0. The number of para-hydroxylation sites is 1. The van der Waals surface area contributed by atoms with Gasteiger partial charge in [-0.3, -0.25) is 5.43 Å². The molecule has 0 aliphatic heterocycles. The minimum Gasteiger partial charge on any atom is -0.504 e. The van der Waals surface area contributed by atoms with Crippen LogP contribution in [0.4, 0.5) is 5.69 Å². The van der Waals surface area contributed by atoms with E-state index in [1.807, 2.05) is 0 Å². The molecule has 0 heterocycles. The molecule has 0 saturated heterocycles. The van der Waals surface area contributed by atoms with Crippen LogP contribution >= 0.6 is 11.6 Å². The number of phenols is 3. The Morgan fingerprint density at radius 1 is 1.00 bits per heavy atom. The summed E-state index contributed by atoms with van der Waals surface area (Å²) in [5, 5.41) is 32.5. The smallest absolute Gasteiger partial charge is 0.200 e. The van der Waals surface area contributed by atoms with Crippen molar-refractivity contribution in [3.63, 3.8) is 0 Å². The van der Waals surface area contributed by atoms with Gasteiger partial charge in [0.05, 0.1) is 16.9 Å². The fourth-order valence-corrected chi connectivity index (χ4v) is 1.59. The minimum absolute atomic E-state index is 0.259. The topological polar surface area (TPSA) is 85.1 Å². The number of halogens is 1. The van der Waals surface area contributed by atoms with E-state index in [4.69, 9.17) is 11.6 Å². The summed E-state index contributed by atoms with van der Waals surface area (Å²) in [6.45, 7) is 0. The maximum atomic E-state index is 9.58. The van der Waals surface area contributed by atoms with Gasteiger partial charge in [0.2, 0.25) is 5.75 Å². The van der Waals surface area contributed by atoms with Crippen molar-refractivity contribution in [1.82, 2.24) is 0 Å². The van der Waals surface area contributed by atoms with Crippen molar-refractivity contribution in [1.29, 1.82) is 0 Å². The molecule has 0 bridgehead atoms. The van der Waals surface area contributed by atoms with E-state index in [2.05, 4.69) is 10.5 Å². The summed E-state index contributed by atoms with van der Waals surface area (Å²) in [5.74, 6) is -1.42. The molecule has 0 radical (unpaired) electrons. The standard InChI is InChI=1S/C13H11ClN2O3/c14-9-3-1-2-4-10(9)16-15-7-8-5-6-11(17)13(19)12(8)18/h1-7,16-19H/b15-7+. The van der Waals surface area contributed by atoms with Gasteiger partial charge < -0.3 is 15.3 Å². The number of phenolic OH excluding ortho intramolecular Hbond substituents is 3. The highest BCUT2D eigenvalue weighted by molar-refractivity contribution is 6.33. The first-order valence-electron chi connectivity index (χ1n) is 5.37. The number of anilines is 1. The first-order chi connectivity index (χ1) is 9.09. The largest absolute Gasteiger partial charge is 0.504 e. The number of benzene rings is 2. The Labute approximate surface area is 114 Å². The molecule has 0 saturated carbocycles. The van der Waals surface area contributed by atoms with Crippen LogP contribution in [-0.2, 0) is 0 Å². The average Bonchev–Trinajstić information content (AvgIpc) is 2.41. The number of hydrogen-bond acceptors (Lipinski definition) is 5. The second kappa shape index (κ2) is 5.49. The third-order valence-electron chi connectivity index (χ3n) is 2.42. The lowest BCUT2D eigenvalue weighted by molar-refractivity contribution is 0.367. The molecule has 6 heteroatoms. The lowest BCUT2D eigenvalue weighted by Crippen LogP contribution is -1.91. The van der Waals surface area contributed by atoms with E-state index in [1.54, 1.807) is 24.3 Å². The van der Waals surface area contributed by atoms with E-state index >= 15 is 0 Å². The molecule has 0 aliphatic carbocycles. The van der Waals surface area contributed by atoms with Gasteiger partial charge >= 0.3 is 0 Å². The molecule has 2 aromatic carbocycles. The fourth-order valence-electron chi connectivity index (χ4n) is 1.41. The molecule has 5 nitrogen and oxygen atoms in total. The predicted octanol–water partition coefficient (Wildman–Crippen LogP) is 2.90. The first-order valence-corrected chi connectivity index (χ1v) is 5.75. The molecule has 98 valence electrons. The maximum Gasteiger partial charge on any atom is 0.200 e. The second-order valence-electron chi connectivity index (χ2n) is 3.72. The molecule has 0 atom stereocenters. The van der Waals surface area contributed by atoms with Gasteiger partial charge in [0.1, 0.15) is 0 Å². The van der Waals surface area contributed by atoms with Gasteiger partial charge in [0.25, 0.3) is 0 Å². The van der Waals surface area contributed by atoms with E-state index < -0.39 is 17.2 Å². The number of rotatable bonds is 3. The lowest BCUT2D eigenvalue weighted by atomic mass is 10.2. The van der Waals surface area contributed by atoms with Crippen molar-refractivity contribution in [3.05, 3.63) is 47.0 Å². The molecule has 0 fully saturated rings. The normalized spacial score (nSPS) is 10.8. The average molecular weight is 279 g/mol. The van der Waals surface area contributed by atoms with Crippen molar-refractivity contribution in [2.45, 2.75) is 0 Å². The van der Waals surface area contributed by atoms with E-state index in [-0.39, 0.29) is 5.56 Å². The van der Waals surface area contributed by atoms with Gasteiger partial charge in [-0.2, -0.15) is 5.10 Å². The molecule has 2 aromatic rings. The van der Waals surface area contributed by atoms with Gasteiger partial charge in [-0.15, -0.1) is 0 Å². The van der Waals surface area contributed by atoms with Crippen molar-refractivity contribution in [3.8, 4) is 17.2 Å². The fraction of sp³-hybridized carbons (Fsp3) is 0. The SMILES string of the molecule is Oc1ccc(/C=N/Nc2ccccc2Cl)c(O)c1O. The summed E-state index contributed by atoms with van der Waals surface area (Å²) in [4.78, 5) is 0. The maximum absolute atomic E-state index is 9.58. The van der Waals surface area contributed by atoms with Crippen LogP contribution in [0, 0.1) is 0 Å². The number of aromatic hydroxyl groups is 3. The van der Waals surface area contributed by atoms with E-state index in [0.29, 0.717) is 10.7 Å². The Balaban J connectivity index is 2.16. The Morgan fingerprint density at radius 2 is 1.74 bits per heavy atom. The molecule has 19 heavy (non-hydrogen) atoms. The van der Waals surface area contributed by atoms with Crippen LogP contribution < -0.4 is 5.43 Å². The van der Waals surface area contributed by atoms with Crippen molar-refractivity contribution >= 4 is 23.5 Å². The van der Waals surface area contributed by atoms with Crippen LogP contribution in [0.3, 0.4) is 0 Å².